The van der Waals surface area contributed by atoms with E-state index in [0.29, 0.717) is 0 Å². The van der Waals surface area contributed by atoms with Gasteiger partial charge in [0, 0.05) is 6.07 Å². The van der Waals surface area contributed by atoms with E-state index in [1.165, 1.54) is 12.1 Å². The average Bonchev–Trinajstić information content (AvgIpc) is 2.30. The van der Waals surface area contributed by atoms with Crippen LogP contribution in [-0.4, -0.2) is 0 Å². The van der Waals surface area contributed by atoms with Crippen molar-refractivity contribution in [3.63, 3.8) is 0 Å². The summed E-state index contributed by atoms with van der Waals surface area (Å²) in [6.45, 7) is 0.287. The molecule has 0 spiro atoms. The Balaban J connectivity index is 2.11. The van der Waals surface area contributed by atoms with Gasteiger partial charge in [0.2, 0.25) is 0 Å². The molecule has 0 unspecified atom stereocenters. The number of rotatable bonds is 3. The molecule has 0 fully saturated rings. The highest BCUT2D eigenvalue weighted by atomic mass is 35.5. The van der Waals surface area contributed by atoms with E-state index in [9.17, 15) is 4.39 Å². The molecule has 2 aromatic rings. The Bertz CT molecular complexity index is 450. The van der Waals surface area contributed by atoms with Crippen molar-refractivity contribution in [1.82, 2.24) is 0 Å². The van der Waals surface area contributed by atoms with Crippen LogP contribution in [-0.2, 0) is 6.61 Å². The maximum Gasteiger partial charge on any atom is 0.174 e. The van der Waals surface area contributed by atoms with Gasteiger partial charge >= 0.3 is 0 Å². The van der Waals surface area contributed by atoms with Crippen molar-refractivity contribution in [3.8, 4) is 5.75 Å². The lowest BCUT2D eigenvalue weighted by atomic mass is 10.2. The van der Waals surface area contributed by atoms with Crippen LogP contribution in [0, 0.1) is 11.9 Å². The first-order valence-corrected chi connectivity index (χ1v) is 5.17. The second kappa shape index (κ2) is 4.99. The van der Waals surface area contributed by atoms with Gasteiger partial charge in [0.25, 0.3) is 0 Å². The first-order chi connectivity index (χ1) is 7.77. The fourth-order valence-electron chi connectivity index (χ4n) is 1.30. The molecule has 0 aromatic heterocycles. The smallest absolute Gasteiger partial charge is 0.174 e. The van der Waals surface area contributed by atoms with Gasteiger partial charge in [-0.2, -0.15) is 0 Å². The molecule has 0 atom stereocenters. The molecule has 16 heavy (non-hydrogen) atoms. The van der Waals surface area contributed by atoms with Crippen molar-refractivity contribution >= 4 is 11.6 Å². The fourth-order valence-corrected chi connectivity index (χ4v) is 1.50. The Labute approximate surface area is 98.4 Å². The first-order valence-electron chi connectivity index (χ1n) is 4.80. The summed E-state index contributed by atoms with van der Waals surface area (Å²) >= 11 is 5.78. The maximum absolute atomic E-state index is 13.3. The topological polar surface area (TPSA) is 9.23 Å². The Morgan fingerprint density at radius 1 is 1.19 bits per heavy atom. The Morgan fingerprint density at radius 2 is 1.94 bits per heavy atom. The predicted octanol–water partition coefficient (Wildman–Crippen LogP) is 3.86. The summed E-state index contributed by atoms with van der Waals surface area (Å²) in [6.07, 6.45) is 0. The molecular weight excluding hydrogens is 227 g/mol. The summed E-state index contributed by atoms with van der Waals surface area (Å²) in [5.74, 6) is -0.423. The maximum atomic E-state index is 13.3. The Hall–Kier alpha value is -1.54. The van der Waals surface area contributed by atoms with Crippen molar-refractivity contribution in [1.29, 1.82) is 0 Å². The standard InChI is InChI=1S/C13H9ClFO/c14-11-7-4-8-12(15)13(11)16-9-10-5-2-1-3-6-10/h1-6,8H,9H2. The van der Waals surface area contributed by atoms with Crippen molar-refractivity contribution in [2.45, 2.75) is 6.61 Å². The van der Waals surface area contributed by atoms with E-state index >= 15 is 0 Å². The van der Waals surface area contributed by atoms with E-state index in [1.54, 1.807) is 0 Å². The van der Waals surface area contributed by atoms with Gasteiger partial charge < -0.3 is 4.74 Å². The third-order valence-electron chi connectivity index (χ3n) is 2.08. The summed E-state index contributed by atoms with van der Waals surface area (Å²) in [5.41, 5.74) is 0.960. The highest BCUT2D eigenvalue weighted by Crippen LogP contribution is 2.27. The van der Waals surface area contributed by atoms with E-state index in [2.05, 4.69) is 6.07 Å². The largest absolute Gasteiger partial charge is 0.484 e. The molecule has 0 aliphatic heterocycles. The summed E-state index contributed by atoms with van der Waals surface area (Å²) in [7, 11) is 0. The van der Waals surface area contributed by atoms with Crippen LogP contribution >= 0.6 is 11.6 Å². The number of hydrogen-bond acceptors (Lipinski definition) is 1. The van der Waals surface area contributed by atoms with E-state index in [0.717, 1.165) is 5.56 Å². The molecule has 3 heteroatoms. The second-order valence-corrected chi connectivity index (χ2v) is 3.62. The van der Waals surface area contributed by atoms with Crippen LogP contribution in [0.4, 0.5) is 4.39 Å². The van der Waals surface area contributed by atoms with E-state index in [4.69, 9.17) is 16.3 Å². The van der Waals surface area contributed by atoms with Gasteiger partial charge in [-0.05, 0) is 17.7 Å². The lowest BCUT2D eigenvalue weighted by Crippen LogP contribution is -1.97. The lowest BCUT2D eigenvalue weighted by molar-refractivity contribution is 0.290. The highest BCUT2D eigenvalue weighted by Gasteiger charge is 2.08. The molecule has 2 rings (SSSR count). The minimum absolute atomic E-state index is 0.0491. The Morgan fingerprint density at radius 3 is 2.62 bits per heavy atom. The summed E-state index contributed by atoms with van der Waals surface area (Å²) in [4.78, 5) is 0. The summed E-state index contributed by atoms with van der Waals surface area (Å²) < 4.78 is 18.6. The zero-order valence-corrected chi connectivity index (χ0v) is 9.17. The van der Waals surface area contributed by atoms with E-state index in [-0.39, 0.29) is 17.4 Å². The molecule has 0 saturated carbocycles. The molecule has 81 valence electrons. The number of halogens is 2. The molecule has 0 aliphatic carbocycles. The van der Waals surface area contributed by atoms with E-state index in [1.807, 2.05) is 30.3 Å². The van der Waals surface area contributed by atoms with Gasteiger partial charge in [0.15, 0.2) is 11.6 Å². The second-order valence-electron chi connectivity index (χ2n) is 3.24. The van der Waals surface area contributed by atoms with Crippen LogP contribution in [0.1, 0.15) is 5.56 Å². The molecule has 0 aliphatic rings. The molecule has 0 amide bonds. The van der Waals surface area contributed by atoms with Crippen molar-refractivity contribution < 1.29 is 9.13 Å². The molecule has 0 heterocycles. The third-order valence-corrected chi connectivity index (χ3v) is 2.36. The summed E-state index contributed by atoms with van der Waals surface area (Å²) in [6, 6.07) is 14.9. The van der Waals surface area contributed by atoms with Gasteiger partial charge in [-0.25, -0.2) is 4.39 Å². The SMILES string of the molecule is Fc1cc[c]c(Cl)c1OCc1ccccc1. The monoisotopic (exact) mass is 235 g/mol. The zero-order valence-electron chi connectivity index (χ0n) is 8.41. The molecular formula is C13H9ClFO. The zero-order chi connectivity index (χ0) is 11.4. The van der Waals surface area contributed by atoms with Crippen LogP contribution in [0.3, 0.4) is 0 Å². The average molecular weight is 236 g/mol. The normalized spacial score (nSPS) is 10.1. The minimum Gasteiger partial charge on any atom is -0.484 e. The number of benzene rings is 2. The van der Waals surface area contributed by atoms with Crippen molar-refractivity contribution in [3.05, 3.63) is 64.9 Å². The van der Waals surface area contributed by atoms with Gasteiger partial charge in [0.05, 0.1) is 5.02 Å². The first kappa shape index (κ1) is 11.0. The van der Waals surface area contributed by atoms with Crippen LogP contribution in [0.2, 0.25) is 5.02 Å². The molecule has 1 nitrogen and oxygen atoms in total. The van der Waals surface area contributed by atoms with Crippen molar-refractivity contribution in [2.24, 2.45) is 0 Å². The van der Waals surface area contributed by atoms with Gasteiger partial charge in [-0.15, -0.1) is 0 Å². The van der Waals surface area contributed by atoms with Crippen LogP contribution < -0.4 is 4.74 Å². The third kappa shape index (κ3) is 2.52. The Kier molecular flexibility index (Phi) is 3.42. The van der Waals surface area contributed by atoms with Crippen LogP contribution in [0.25, 0.3) is 0 Å². The van der Waals surface area contributed by atoms with E-state index < -0.39 is 5.82 Å². The predicted molar refractivity (Wildman–Crippen MR) is 61.0 cm³/mol. The van der Waals surface area contributed by atoms with Gasteiger partial charge in [-0.1, -0.05) is 41.9 Å². The van der Waals surface area contributed by atoms with Crippen LogP contribution in [0.15, 0.2) is 42.5 Å². The molecule has 0 N–H and O–H groups in total. The quantitative estimate of drug-likeness (QED) is 0.785. The highest BCUT2D eigenvalue weighted by molar-refractivity contribution is 6.31. The fraction of sp³-hybridized carbons (Fsp3) is 0.0769. The molecule has 1 radical (unpaired) electrons. The molecule has 0 saturated heterocycles. The number of ether oxygens (including phenoxy) is 1. The van der Waals surface area contributed by atoms with Gasteiger partial charge in [-0.3, -0.25) is 0 Å². The summed E-state index contributed by atoms with van der Waals surface area (Å²) in [5, 5.41) is 0.163. The number of hydrogen-bond donors (Lipinski definition) is 0. The van der Waals surface area contributed by atoms with Crippen molar-refractivity contribution in [2.75, 3.05) is 0 Å². The van der Waals surface area contributed by atoms with Crippen LogP contribution in [0.5, 0.6) is 5.75 Å². The lowest BCUT2D eigenvalue weighted by Gasteiger charge is -2.08. The minimum atomic E-state index is -0.473. The molecule has 0 bridgehead atoms. The molecule has 2 aromatic carbocycles. The van der Waals surface area contributed by atoms with Gasteiger partial charge in [0.1, 0.15) is 6.61 Å².